The number of hydrogen-bond donors (Lipinski definition) is 2. The van der Waals surface area contributed by atoms with Crippen molar-refractivity contribution in [3.05, 3.63) is 28.0 Å². The van der Waals surface area contributed by atoms with E-state index in [9.17, 15) is 14.9 Å². The molecule has 0 saturated heterocycles. The van der Waals surface area contributed by atoms with Crippen LogP contribution in [0.25, 0.3) is 0 Å². The minimum atomic E-state index is -0.733. The minimum Gasteiger partial charge on any atom is -0.411 e. The highest BCUT2D eigenvalue weighted by Crippen LogP contribution is 2.15. The fourth-order valence-corrected chi connectivity index (χ4v) is 1.11. The number of nitrogens with zero attached hydrogens (tertiary/aromatic N) is 2. The van der Waals surface area contributed by atoms with Crippen molar-refractivity contribution in [1.29, 1.82) is 0 Å². The van der Waals surface area contributed by atoms with E-state index in [0.29, 0.717) is 6.42 Å². The van der Waals surface area contributed by atoms with Crippen LogP contribution in [0.4, 0.5) is 5.88 Å². The maximum Gasteiger partial charge on any atom is 0.433 e. The Morgan fingerprint density at radius 3 is 2.94 bits per heavy atom. The van der Waals surface area contributed by atoms with E-state index in [2.05, 4.69) is 10.5 Å². The molecule has 92 valence electrons. The van der Waals surface area contributed by atoms with E-state index in [0.717, 1.165) is 12.3 Å². The minimum absolute atomic E-state index is 0.165. The summed E-state index contributed by atoms with van der Waals surface area (Å²) in [6.45, 7) is 1.78. The molecule has 2 N–H and O–H groups in total. The highest BCUT2D eigenvalue weighted by Gasteiger charge is 2.18. The number of amides is 1. The quantitative estimate of drug-likeness (QED) is 0.347. The molecule has 1 unspecified atom stereocenters. The van der Waals surface area contributed by atoms with Crippen LogP contribution in [0.2, 0.25) is 0 Å². The maximum absolute atomic E-state index is 11.6. The molecule has 0 aliphatic carbocycles. The Morgan fingerprint density at radius 2 is 2.47 bits per heavy atom. The summed E-state index contributed by atoms with van der Waals surface area (Å²) in [5, 5.41) is 24.0. The summed E-state index contributed by atoms with van der Waals surface area (Å²) in [5.74, 6) is -1.27. The molecule has 0 aliphatic heterocycles. The molecule has 8 nitrogen and oxygen atoms in total. The number of rotatable bonds is 5. The van der Waals surface area contributed by atoms with Gasteiger partial charge in [0.2, 0.25) is 0 Å². The van der Waals surface area contributed by atoms with Crippen molar-refractivity contribution in [2.45, 2.75) is 19.4 Å². The zero-order valence-electron chi connectivity index (χ0n) is 8.99. The van der Waals surface area contributed by atoms with Gasteiger partial charge in [0, 0.05) is 0 Å². The van der Waals surface area contributed by atoms with E-state index < -0.39 is 22.8 Å². The van der Waals surface area contributed by atoms with Crippen LogP contribution >= 0.6 is 0 Å². The average Bonchev–Trinajstić information content (AvgIpc) is 2.77. The van der Waals surface area contributed by atoms with Crippen LogP contribution in [-0.2, 0) is 0 Å². The molecule has 1 rings (SSSR count). The maximum atomic E-state index is 11.6. The second-order valence-corrected chi connectivity index (χ2v) is 3.15. The molecule has 1 aromatic rings. The van der Waals surface area contributed by atoms with Crippen LogP contribution in [0.5, 0.6) is 0 Å². The summed E-state index contributed by atoms with van der Waals surface area (Å²) in [7, 11) is 0. The van der Waals surface area contributed by atoms with Gasteiger partial charge in [0.15, 0.2) is 5.76 Å². The zero-order chi connectivity index (χ0) is 12.8. The molecule has 0 bridgehead atoms. The lowest BCUT2D eigenvalue weighted by atomic mass is 10.2. The first-order valence-corrected chi connectivity index (χ1v) is 4.81. The molecule has 0 aliphatic rings. The number of nitro groups is 1. The van der Waals surface area contributed by atoms with Crippen molar-refractivity contribution in [3.63, 3.8) is 0 Å². The zero-order valence-corrected chi connectivity index (χ0v) is 8.99. The topological polar surface area (TPSA) is 118 Å². The van der Waals surface area contributed by atoms with E-state index >= 15 is 0 Å². The molecular formula is C9H11N3O5. The van der Waals surface area contributed by atoms with Gasteiger partial charge in [-0.25, -0.2) is 0 Å². The van der Waals surface area contributed by atoms with E-state index in [4.69, 9.17) is 9.62 Å². The van der Waals surface area contributed by atoms with Crippen molar-refractivity contribution < 1.29 is 19.3 Å². The largest absolute Gasteiger partial charge is 0.433 e. The van der Waals surface area contributed by atoms with Crippen molar-refractivity contribution in [3.8, 4) is 0 Å². The average molecular weight is 241 g/mol. The first-order valence-electron chi connectivity index (χ1n) is 4.81. The van der Waals surface area contributed by atoms with Gasteiger partial charge in [-0.3, -0.25) is 14.9 Å². The highest BCUT2D eigenvalue weighted by atomic mass is 16.6. The van der Waals surface area contributed by atoms with Crippen LogP contribution in [0.1, 0.15) is 23.9 Å². The molecule has 0 fully saturated rings. The molecule has 0 saturated carbocycles. The SMILES string of the molecule is CCC(/C=N/O)NC(=O)c1ccc([N+](=O)[O-])o1. The van der Waals surface area contributed by atoms with Crippen LogP contribution in [-0.4, -0.2) is 28.3 Å². The standard InChI is InChI=1S/C9H11N3O5/c1-2-6(5-10-14)11-9(13)7-3-4-8(17-7)12(15)16/h3-6,14H,2H2,1H3,(H,11,13)/b10-5+. The molecular weight excluding hydrogens is 230 g/mol. The lowest BCUT2D eigenvalue weighted by Gasteiger charge is -2.09. The molecule has 1 atom stereocenters. The third-order valence-electron chi connectivity index (χ3n) is 2.00. The molecule has 0 aromatic carbocycles. The van der Waals surface area contributed by atoms with Crippen molar-refractivity contribution in [2.75, 3.05) is 0 Å². The van der Waals surface area contributed by atoms with E-state index in [1.165, 1.54) is 6.07 Å². The van der Waals surface area contributed by atoms with E-state index in [-0.39, 0.29) is 5.76 Å². The summed E-state index contributed by atoms with van der Waals surface area (Å²) in [4.78, 5) is 21.2. The van der Waals surface area contributed by atoms with Gasteiger partial charge < -0.3 is 14.9 Å². The number of carbonyl (C=O) groups is 1. The molecule has 0 radical (unpaired) electrons. The molecule has 1 aromatic heterocycles. The van der Waals surface area contributed by atoms with Gasteiger partial charge in [-0.05, 0) is 12.5 Å². The number of furan rings is 1. The third kappa shape index (κ3) is 3.30. The Kier molecular flexibility index (Phi) is 4.21. The summed E-state index contributed by atoms with van der Waals surface area (Å²) in [6.07, 6.45) is 1.66. The van der Waals surface area contributed by atoms with E-state index in [1.54, 1.807) is 6.92 Å². The Morgan fingerprint density at radius 1 is 1.76 bits per heavy atom. The molecule has 8 heteroatoms. The van der Waals surface area contributed by atoms with Gasteiger partial charge in [-0.1, -0.05) is 12.1 Å². The number of oxime groups is 1. The molecule has 17 heavy (non-hydrogen) atoms. The first kappa shape index (κ1) is 12.7. The second-order valence-electron chi connectivity index (χ2n) is 3.15. The van der Waals surface area contributed by atoms with Crippen LogP contribution in [0, 0.1) is 10.1 Å². The van der Waals surface area contributed by atoms with Gasteiger partial charge in [0.05, 0.1) is 18.3 Å². The lowest BCUT2D eigenvalue weighted by Crippen LogP contribution is -2.35. The Balaban J connectivity index is 2.72. The van der Waals surface area contributed by atoms with Gasteiger partial charge in [0.1, 0.15) is 4.92 Å². The second kappa shape index (κ2) is 5.64. The molecule has 1 heterocycles. The number of nitrogens with one attached hydrogen (secondary N) is 1. The fraction of sp³-hybridized carbons (Fsp3) is 0.333. The van der Waals surface area contributed by atoms with Crippen molar-refractivity contribution >= 4 is 18.0 Å². The van der Waals surface area contributed by atoms with Crippen LogP contribution < -0.4 is 5.32 Å². The first-order chi connectivity index (χ1) is 8.08. The van der Waals surface area contributed by atoms with Gasteiger partial charge >= 0.3 is 5.88 Å². The fourth-order valence-electron chi connectivity index (χ4n) is 1.11. The number of carbonyl (C=O) groups excluding carboxylic acids is 1. The number of hydrogen-bond acceptors (Lipinski definition) is 6. The predicted octanol–water partition coefficient (Wildman–Crippen LogP) is 1.16. The van der Waals surface area contributed by atoms with Crippen LogP contribution in [0.15, 0.2) is 21.7 Å². The van der Waals surface area contributed by atoms with Gasteiger partial charge in [0.25, 0.3) is 5.91 Å². The smallest absolute Gasteiger partial charge is 0.411 e. The predicted molar refractivity (Wildman–Crippen MR) is 57.2 cm³/mol. The Labute approximate surface area is 96.1 Å². The summed E-state index contributed by atoms with van der Waals surface area (Å²) in [5.41, 5.74) is 0. The summed E-state index contributed by atoms with van der Waals surface area (Å²) >= 11 is 0. The summed E-state index contributed by atoms with van der Waals surface area (Å²) in [6, 6.07) is 1.84. The monoisotopic (exact) mass is 241 g/mol. The normalized spacial score (nSPS) is 12.5. The van der Waals surface area contributed by atoms with Crippen molar-refractivity contribution in [1.82, 2.24) is 5.32 Å². The summed E-state index contributed by atoms with van der Waals surface area (Å²) < 4.78 is 4.71. The Bertz CT molecular complexity index is 440. The van der Waals surface area contributed by atoms with Crippen LogP contribution in [0.3, 0.4) is 0 Å². The van der Waals surface area contributed by atoms with Crippen molar-refractivity contribution in [2.24, 2.45) is 5.16 Å². The third-order valence-corrected chi connectivity index (χ3v) is 2.00. The van der Waals surface area contributed by atoms with Gasteiger partial charge in [-0.2, -0.15) is 0 Å². The highest BCUT2D eigenvalue weighted by molar-refractivity contribution is 5.93. The van der Waals surface area contributed by atoms with E-state index in [1.807, 2.05) is 0 Å². The lowest BCUT2D eigenvalue weighted by molar-refractivity contribution is -0.402. The van der Waals surface area contributed by atoms with Gasteiger partial charge in [-0.15, -0.1) is 0 Å². The molecule has 1 amide bonds. The Hall–Kier alpha value is -2.38. The molecule has 0 spiro atoms.